The van der Waals surface area contributed by atoms with Crippen LogP contribution in [0.25, 0.3) is 0 Å². The first-order valence-electron chi connectivity index (χ1n) is 8.69. The van der Waals surface area contributed by atoms with Gasteiger partial charge in [0.1, 0.15) is 11.7 Å². The van der Waals surface area contributed by atoms with Gasteiger partial charge in [0.2, 0.25) is 0 Å². The van der Waals surface area contributed by atoms with E-state index in [4.69, 9.17) is 10.5 Å². The number of aliphatic imine (C=N–C) groups is 1. The van der Waals surface area contributed by atoms with E-state index in [1.165, 1.54) is 7.11 Å². The molecule has 0 aromatic heterocycles. The molecule has 0 heterocycles. The number of nitrogens with two attached hydrogens (primary N) is 1. The molecule has 1 aliphatic carbocycles. The Labute approximate surface area is 153 Å². The average Bonchev–Trinajstić information content (AvgIpc) is 2.55. The van der Waals surface area contributed by atoms with E-state index in [9.17, 15) is 14.7 Å². The standard InChI is InChI=1S/C20H26N2O4/c1-5-8-14(22-13-10-7-6-9-12(13)21)16-15(23)11-20(2,3)17(18(16)24)19(25)26-4/h6-7,9-10,17,24H,5,8,11,21H2,1-4H3. The summed E-state index contributed by atoms with van der Waals surface area (Å²) in [6.45, 7) is 5.49. The normalized spacial score (nSPS) is 20.2. The van der Waals surface area contributed by atoms with Crippen molar-refractivity contribution in [3.05, 3.63) is 35.6 Å². The number of aliphatic hydroxyl groups excluding tert-OH is 1. The van der Waals surface area contributed by atoms with Crippen LogP contribution in [0.4, 0.5) is 11.4 Å². The second-order valence-electron chi connectivity index (χ2n) is 7.17. The fourth-order valence-electron chi connectivity index (χ4n) is 3.33. The highest BCUT2D eigenvalue weighted by Crippen LogP contribution is 2.43. The number of aliphatic hydroxyl groups is 1. The van der Waals surface area contributed by atoms with E-state index in [0.717, 1.165) is 6.42 Å². The molecule has 0 spiro atoms. The summed E-state index contributed by atoms with van der Waals surface area (Å²) in [4.78, 5) is 29.6. The predicted octanol–water partition coefficient (Wildman–Crippen LogP) is 3.74. The number of ketones is 1. The molecule has 2 rings (SSSR count). The maximum Gasteiger partial charge on any atom is 0.316 e. The maximum atomic E-state index is 12.8. The quantitative estimate of drug-likeness (QED) is 0.474. The number of ether oxygens (including phenoxy) is 1. The molecule has 1 unspecified atom stereocenters. The Hall–Kier alpha value is -2.63. The molecule has 3 N–H and O–H groups in total. The first-order chi connectivity index (χ1) is 12.2. The molecule has 1 atom stereocenters. The number of methoxy groups -OCH3 is 1. The highest BCUT2D eigenvalue weighted by Gasteiger charge is 2.47. The van der Waals surface area contributed by atoms with E-state index < -0.39 is 17.3 Å². The van der Waals surface area contributed by atoms with Crippen LogP contribution in [0, 0.1) is 11.3 Å². The molecule has 26 heavy (non-hydrogen) atoms. The van der Waals surface area contributed by atoms with Gasteiger partial charge < -0.3 is 15.6 Å². The van der Waals surface area contributed by atoms with Crippen molar-refractivity contribution in [1.29, 1.82) is 0 Å². The molecular formula is C20H26N2O4. The van der Waals surface area contributed by atoms with Crippen LogP contribution in [0.1, 0.15) is 40.0 Å². The lowest BCUT2D eigenvalue weighted by Crippen LogP contribution is -2.41. The van der Waals surface area contributed by atoms with E-state index in [-0.39, 0.29) is 23.5 Å². The van der Waals surface area contributed by atoms with Gasteiger partial charge in [0.25, 0.3) is 0 Å². The van der Waals surface area contributed by atoms with Crippen molar-refractivity contribution in [1.82, 2.24) is 0 Å². The van der Waals surface area contributed by atoms with Crippen molar-refractivity contribution in [3.8, 4) is 0 Å². The Morgan fingerprint density at radius 1 is 1.38 bits per heavy atom. The minimum atomic E-state index is -0.907. The Kier molecular flexibility index (Phi) is 5.85. The third-order valence-corrected chi connectivity index (χ3v) is 4.61. The summed E-state index contributed by atoms with van der Waals surface area (Å²) < 4.78 is 4.85. The maximum absolute atomic E-state index is 12.8. The molecule has 0 fully saturated rings. The molecule has 0 amide bonds. The zero-order valence-corrected chi connectivity index (χ0v) is 15.7. The van der Waals surface area contributed by atoms with Crippen molar-refractivity contribution in [3.63, 3.8) is 0 Å². The number of esters is 1. The number of hydrogen-bond acceptors (Lipinski definition) is 6. The second kappa shape index (κ2) is 7.72. The monoisotopic (exact) mass is 358 g/mol. The SMILES string of the molecule is CCCC(=Nc1ccccc1N)C1=C(O)C(C(=O)OC)C(C)(C)CC1=O. The number of benzene rings is 1. The minimum absolute atomic E-state index is 0.116. The van der Waals surface area contributed by atoms with Gasteiger partial charge >= 0.3 is 5.97 Å². The minimum Gasteiger partial charge on any atom is -0.511 e. The van der Waals surface area contributed by atoms with E-state index in [2.05, 4.69) is 4.99 Å². The highest BCUT2D eigenvalue weighted by molar-refractivity contribution is 6.24. The van der Waals surface area contributed by atoms with Crippen LogP contribution in [0.15, 0.2) is 40.6 Å². The van der Waals surface area contributed by atoms with Gasteiger partial charge in [-0.1, -0.05) is 39.3 Å². The summed E-state index contributed by atoms with van der Waals surface area (Å²) in [5.41, 5.74) is 6.79. The first kappa shape index (κ1) is 19.7. The van der Waals surface area contributed by atoms with Gasteiger partial charge in [-0.3, -0.25) is 14.6 Å². The third-order valence-electron chi connectivity index (χ3n) is 4.61. The van der Waals surface area contributed by atoms with Crippen molar-refractivity contribution >= 4 is 28.8 Å². The molecule has 6 nitrogen and oxygen atoms in total. The number of Topliss-reactive ketones (excluding diaryl/α,β-unsaturated/α-hetero) is 1. The van der Waals surface area contributed by atoms with Gasteiger partial charge in [-0.15, -0.1) is 0 Å². The Bertz CT molecular complexity index is 778. The number of nitrogen functional groups attached to an aromatic ring is 1. The lowest BCUT2D eigenvalue weighted by atomic mass is 9.67. The van der Waals surface area contributed by atoms with Crippen LogP contribution in [-0.4, -0.2) is 29.7 Å². The van der Waals surface area contributed by atoms with Crippen LogP contribution < -0.4 is 5.73 Å². The summed E-state index contributed by atoms with van der Waals surface area (Å²) in [7, 11) is 1.27. The Balaban J connectivity index is 2.64. The van der Waals surface area contributed by atoms with Gasteiger partial charge in [0.05, 0.1) is 29.8 Å². The largest absolute Gasteiger partial charge is 0.511 e. The fraction of sp³-hybridized carbons (Fsp3) is 0.450. The summed E-state index contributed by atoms with van der Waals surface area (Å²) in [6.07, 6.45) is 1.33. The third kappa shape index (κ3) is 3.79. The molecular weight excluding hydrogens is 332 g/mol. The van der Waals surface area contributed by atoms with Crippen LogP contribution in [0.2, 0.25) is 0 Å². The number of carbonyl (C=O) groups is 2. The van der Waals surface area contributed by atoms with Gasteiger partial charge in [0.15, 0.2) is 5.78 Å². The van der Waals surface area contributed by atoms with E-state index >= 15 is 0 Å². The zero-order valence-electron chi connectivity index (χ0n) is 15.7. The lowest BCUT2D eigenvalue weighted by molar-refractivity contribution is -0.150. The fourth-order valence-corrected chi connectivity index (χ4v) is 3.33. The van der Waals surface area contributed by atoms with E-state index in [1.54, 1.807) is 38.1 Å². The van der Waals surface area contributed by atoms with Gasteiger partial charge in [-0.2, -0.15) is 0 Å². The predicted molar refractivity (Wildman–Crippen MR) is 101 cm³/mol. The van der Waals surface area contributed by atoms with Gasteiger partial charge in [0, 0.05) is 6.42 Å². The van der Waals surface area contributed by atoms with Crippen molar-refractivity contribution in [2.24, 2.45) is 16.3 Å². The van der Waals surface area contributed by atoms with Crippen molar-refractivity contribution < 1.29 is 19.4 Å². The molecule has 0 saturated carbocycles. The summed E-state index contributed by atoms with van der Waals surface area (Å²) in [5.74, 6) is -1.96. The molecule has 1 aromatic rings. The molecule has 6 heteroatoms. The van der Waals surface area contributed by atoms with Gasteiger partial charge in [-0.25, -0.2) is 0 Å². The first-order valence-corrected chi connectivity index (χ1v) is 8.69. The summed E-state index contributed by atoms with van der Waals surface area (Å²) in [5, 5.41) is 10.8. The zero-order chi connectivity index (χ0) is 19.5. The second-order valence-corrected chi connectivity index (χ2v) is 7.17. The van der Waals surface area contributed by atoms with Crippen LogP contribution in [0.5, 0.6) is 0 Å². The highest BCUT2D eigenvalue weighted by atomic mass is 16.5. The molecule has 140 valence electrons. The number of rotatable bonds is 5. The molecule has 0 bridgehead atoms. The number of nitrogens with zero attached hydrogens (tertiary/aromatic N) is 1. The van der Waals surface area contributed by atoms with E-state index in [1.807, 2.05) is 6.92 Å². The van der Waals surface area contributed by atoms with Crippen LogP contribution in [0.3, 0.4) is 0 Å². The van der Waals surface area contributed by atoms with Crippen molar-refractivity contribution in [2.45, 2.75) is 40.0 Å². The summed E-state index contributed by atoms with van der Waals surface area (Å²) in [6, 6.07) is 7.07. The topological polar surface area (TPSA) is 102 Å². The molecule has 1 aromatic carbocycles. The van der Waals surface area contributed by atoms with Gasteiger partial charge in [-0.05, 0) is 24.0 Å². The smallest absolute Gasteiger partial charge is 0.316 e. The molecule has 1 aliphatic rings. The van der Waals surface area contributed by atoms with Crippen LogP contribution in [-0.2, 0) is 14.3 Å². The molecule has 0 saturated heterocycles. The van der Waals surface area contributed by atoms with Crippen LogP contribution >= 0.6 is 0 Å². The number of allylic oxidation sites excluding steroid dienone is 1. The number of anilines is 1. The number of carbonyl (C=O) groups excluding carboxylic acids is 2. The molecule has 0 aliphatic heterocycles. The average molecular weight is 358 g/mol. The number of hydrogen-bond donors (Lipinski definition) is 2. The van der Waals surface area contributed by atoms with E-state index in [0.29, 0.717) is 23.5 Å². The molecule has 0 radical (unpaired) electrons. The lowest BCUT2D eigenvalue weighted by Gasteiger charge is -2.36. The number of para-hydroxylation sites is 2. The summed E-state index contributed by atoms with van der Waals surface area (Å²) >= 11 is 0. The Morgan fingerprint density at radius 2 is 2.04 bits per heavy atom. The van der Waals surface area contributed by atoms with Crippen molar-refractivity contribution in [2.75, 3.05) is 12.8 Å². The Morgan fingerprint density at radius 3 is 2.62 bits per heavy atom.